The number of nitrogens with one attached hydrogen (secondary N) is 1. The van der Waals surface area contributed by atoms with E-state index in [1.54, 1.807) is 24.8 Å². The highest BCUT2D eigenvalue weighted by Gasteiger charge is 2.25. The first-order chi connectivity index (χ1) is 14.6. The van der Waals surface area contributed by atoms with Gasteiger partial charge >= 0.3 is 0 Å². The van der Waals surface area contributed by atoms with Gasteiger partial charge < -0.3 is 10.2 Å². The average Bonchev–Trinajstić information content (AvgIpc) is 3.21. The van der Waals surface area contributed by atoms with Crippen LogP contribution in [0.3, 0.4) is 0 Å². The molecule has 1 N–H and O–H groups in total. The number of anilines is 1. The van der Waals surface area contributed by atoms with Crippen molar-refractivity contribution in [3.8, 4) is 5.82 Å². The van der Waals surface area contributed by atoms with Crippen LogP contribution < -0.4 is 15.8 Å². The molecule has 1 aliphatic heterocycles. The van der Waals surface area contributed by atoms with Crippen molar-refractivity contribution >= 4 is 11.7 Å². The second-order valence-electron chi connectivity index (χ2n) is 7.22. The van der Waals surface area contributed by atoms with Gasteiger partial charge in [-0.2, -0.15) is 5.10 Å². The molecule has 3 aromatic rings. The summed E-state index contributed by atoms with van der Waals surface area (Å²) >= 11 is 0. The van der Waals surface area contributed by atoms with Crippen LogP contribution in [0.1, 0.15) is 18.7 Å². The molecule has 4 heterocycles. The van der Waals surface area contributed by atoms with Crippen molar-refractivity contribution < 1.29 is 4.79 Å². The fourth-order valence-corrected chi connectivity index (χ4v) is 3.62. The van der Waals surface area contributed by atoms with Gasteiger partial charge in [0.05, 0.1) is 6.54 Å². The van der Waals surface area contributed by atoms with Gasteiger partial charge in [0, 0.05) is 56.3 Å². The number of carbonyl (C=O) groups excluding carboxylic acids is 1. The molecule has 0 aliphatic carbocycles. The van der Waals surface area contributed by atoms with Crippen LogP contribution in [0.5, 0.6) is 0 Å². The number of hydrogen-bond donors (Lipinski definition) is 1. The molecule has 156 valence electrons. The van der Waals surface area contributed by atoms with Crippen LogP contribution in [0.2, 0.25) is 0 Å². The number of aryl methyl sites for hydroxylation is 1. The second-order valence-corrected chi connectivity index (χ2v) is 7.22. The first-order valence-electron chi connectivity index (χ1n) is 9.99. The molecule has 0 bridgehead atoms. The maximum atomic E-state index is 12.5. The summed E-state index contributed by atoms with van der Waals surface area (Å²) in [5.74, 6) is 2.47. The summed E-state index contributed by atoms with van der Waals surface area (Å²) in [7, 11) is 0. The molecule has 0 saturated carbocycles. The highest BCUT2D eigenvalue weighted by Crippen LogP contribution is 2.23. The minimum absolute atomic E-state index is 0.0241. The lowest BCUT2D eigenvalue weighted by Crippen LogP contribution is -2.42. The lowest BCUT2D eigenvalue weighted by atomic mass is 9.96. The zero-order valence-electron chi connectivity index (χ0n) is 16.8. The minimum Gasteiger partial charge on any atom is -0.356 e. The van der Waals surface area contributed by atoms with Crippen LogP contribution in [0.25, 0.3) is 5.82 Å². The molecule has 30 heavy (non-hydrogen) atoms. The molecule has 10 heteroatoms. The number of rotatable bonds is 6. The zero-order chi connectivity index (χ0) is 20.9. The van der Waals surface area contributed by atoms with Crippen molar-refractivity contribution in [2.45, 2.75) is 26.3 Å². The van der Waals surface area contributed by atoms with E-state index >= 15 is 0 Å². The van der Waals surface area contributed by atoms with Gasteiger partial charge in [-0.05, 0) is 25.8 Å². The maximum Gasteiger partial charge on any atom is 0.266 e. The molecule has 1 saturated heterocycles. The first kappa shape index (κ1) is 19.7. The van der Waals surface area contributed by atoms with Crippen LogP contribution in [-0.2, 0) is 11.3 Å². The average molecular weight is 408 g/mol. The quantitative estimate of drug-likeness (QED) is 0.634. The summed E-state index contributed by atoms with van der Waals surface area (Å²) in [5, 5.41) is 6.91. The molecule has 0 radical (unpaired) electrons. The summed E-state index contributed by atoms with van der Waals surface area (Å²) in [5.41, 5.74) is -0.171. The minimum atomic E-state index is -0.171. The molecule has 4 rings (SSSR count). The van der Waals surface area contributed by atoms with Crippen LogP contribution in [0.4, 0.5) is 5.82 Å². The summed E-state index contributed by atoms with van der Waals surface area (Å²) < 4.78 is 3.26. The smallest absolute Gasteiger partial charge is 0.266 e. The Labute approximate surface area is 173 Å². The summed E-state index contributed by atoms with van der Waals surface area (Å²) in [4.78, 5) is 39.3. The fraction of sp³-hybridized carbons (Fsp3) is 0.400. The standard InChI is InChI=1S/C20H24N8O2/c1-15-21-7-11-27(15)18-13-17(23-14-24-18)26-9-4-16(5-10-26)20(30)22-8-12-28-19(29)3-2-6-25-28/h2-3,6-7,11,13-14,16H,4-5,8-10,12H2,1H3,(H,22,30). The van der Waals surface area contributed by atoms with Crippen molar-refractivity contribution in [3.05, 3.63) is 59.3 Å². The van der Waals surface area contributed by atoms with Crippen molar-refractivity contribution in [1.29, 1.82) is 0 Å². The Balaban J connectivity index is 1.30. The van der Waals surface area contributed by atoms with Crippen LogP contribution >= 0.6 is 0 Å². The van der Waals surface area contributed by atoms with E-state index < -0.39 is 0 Å². The summed E-state index contributed by atoms with van der Waals surface area (Å²) in [6.45, 7) is 4.17. The van der Waals surface area contributed by atoms with Gasteiger partial charge in [-0.25, -0.2) is 19.6 Å². The van der Waals surface area contributed by atoms with E-state index in [1.165, 1.54) is 10.7 Å². The number of piperidine rings is 1. The topological polar surface area (TPSA) is 111 Å². The number of hydrogen-bond acceptors (Lipinski definition) is 7. The molecule has 1 amide bonds. The second kappa shape index (κ2) is 8.85. The van der Waals surface area contributed by atoms with E-state index in [9.17, 15) is 9.59 Å². The summed E-state index contributed by atoms with van der Waals surface area (Å²) in [6, 6.07) is 5.00. The normalized spacial score (nSPS) is 14.6. The fourth-order valence-electron chi connectivity index (χ4n) is 3.62. The Morgan fingerprint density at radius 3 is 2.70 bits per heavy atom. The zero-order valence-corrected chi connectivity index (χ0v) is 16.8. The van der Waals surface area contributed by atoms with E-state index in [2.05, 4.69) is 30.3 Å². The Hall–Kier alpha value is -3.56. The molecule has 3 aromatic heterocycles. The van der Waals surface area contributed by atoms with Crippen molar-refractivity contribution in [3.63, 3.8) is 0 Å². The third kappa shape index (κ3) is 4.37. The molecule has 0 atom stereocenters. The van der Waals surface area contributed by atoms with Crippen LogP contribution in [0.15, 0.2) is 47.9 Å². The highest BCUT2D eigenvalue weighted by atomic mass is 16.2. The molecule has 1 aliphatic rings. The monoisotopic (exact) mass is 408 g/mol. The number of nitrogens with zero attached hydrogens (tertiary/aromatic N) is 7. The van der Waals surface area contributed by atoms with Gasteiger partial charge in [0.15, 0.2) is 0 Å². The maximum absolute atomic E-state index is 12.5. The molecule has 0 unspecified atom stereocenters. The SMILES string of the molecule is Cc1nccn1-c1cc(N2CCC(C(=O)NCCn3ncccc3=O)CC2)ncn1. The third-order valence-corrected chi connectivity index (χ3v) is 5.31. The van der Waals surface area contributed by atoms with Gasteiger partial charge in [0.1, 0.15) is 23.8 Å². The van der Waals surface area contributed by atoms with Crippen LogP contribution in [0, 0.1) is 12.8 Å². The lowest BCUT2D eigenvalue weighted by molar-refractivity contribution is -0.125. The third-order valence-electron chi connectivity index (χ3n) is 5.31. The van der Waals surface area contributed by atoms with Crippen molar-refractivity contribution in [2.75, 3.05) is 24.5 Å². The van der Waals surface area contributed by atoms with E-state index in [1.807, 2.05) is 23.8 Å². The lowest BCUT2D eigenvalue weighted by Gasteiger charge is -2.32. The highest BCUT2D eigenvalue weighted by molar-refractivity contribution is 5.78. The Morgan fingerprint density at radius 1 is 1.17 bits per heavy atom. The Kier molecular flexibility index (Phi) is 5.82. The number of aromatic nitrogens is 6. The van der Waals surface area contributed by atoms with E-state index in [0.717, 1.165) is 43.4 Å². The Morgan fingerprint density at radius 2 is 1.97 bits per heavy atom. The molecule has 0 aromatic carbocycles. The molecule has 0 spiro atoms. The Bertz CT molecular complexity index is 1070. The van der Waals surface area contributed by atoms with E-state index in [4.69, 9.17) is 0 Å². The molecule has 10 nitrogen and oxygen atoms in total. The van der Waals surface area contributed by atoms with Gasteiger partial charge in [-0.1, -0.05) is 0 Å². The van der Waals surface area contributed by atoms with Gasteiger partial charge in [-0.15, -0.1) is 0 Å². The predicted molar refractivity (Wildman–Crippen MR) is 110 cm³/mol. The molecular weight excluding hydrogens is 384 g/mol. The van der Waals surface area contributed by atoms with Gasteiger partial charge in [0.2, 0.25) is 5.91 Å². The molecule has 1 fully saturated rings. The van der Waals surface area contributed by atoms with E-state index in [0.29, 0.717) is 13.1 Å². The number of imidazole rings is 1. The van der Waals surface area contributed by atoms with Crippen molar-refractivity contribution in [2.24, 2.45) is 5.92 Å². The van der Waals surface area contributed by atoms with Gasteiger partial charge in [-0.3, -0.25) is 14.2 Å². The summed E-state index contributed by atoms with van der Waals surface area (Å²) in [6.07, 6.45) is 8.23. The van der Waals surface area contributed by atoms with E-state index in [-0.39, 0.29) is 17.4 Å². The van der Waals surface area contributed by atoms with Gasteiger partial charge in [0.25, 0.3) is 5.56 Å². The number of carbonyl (C=O) groups is 1. The number of amides is 1. The predicted octanol–water partition coefficient (Wildman–Crippen LogP) is 0.560. The molecular formula is C20H24N8O2. The van der Waals surface area contributed by atoms with Crippen molar-refractivity contribution in [1.82, 2.24) is 34.6 Å². The first-order valence-corrected chi connectivity index (χ1v) is 9.99. The van der Waals surface area contributed by atoms with Crippen LogP contribution in [-0.4, -0.2) is 54.8 Å². The largest absolute Gasteiger partial charge is 0.356 e.